The Kier molecular flexibility index (Phi) is 6.86. The Hall–Kier alpha value is -0.0500. The molecule has 3 heteroatoms. The number of hydrogen-bond donors (Lipinski definition) is 1. The third-order valence-corrected chi connectivity index (χ3v) is 5.09. The minimum Gasteiger partial charge on any atom is -0.310 e. The van der Waals surface area contributed by atoms with Gasteiger partial charge in [0.2, 0.25) is 0 Å². The highest BCUT2D eigenvalue weighted by Gasteiger charge is 2.21. The number of nitrogens with one attached hydrogen (secondary N) is 1. The number of rotatable bonds is 6. The predicted molar refractivity (Wildman–Crippen MR) is 91.4 cm³/mol. The van der Waals surface area contributed by atoms with Crippen LogP contribution < -0.4 is 5.32 Å². The van der Waals surface area contributed by atoms with Gasteiger partial charge in [-0.05, 0) is 43.0 Å². The maximum Gasteiger partial charge on any atom is 0.0465 e. The number of hydrogen-bond acceptors (Lipinski definition) is 1. The second-order valence-corrected chi connectivity index (χ2v) is 7.24. The largest absolute Gasteiger partial charge is 0.310 e. The molecule has 112 valence electrons. The normalized spacial score (nSPS) is 18.1. The molecule has 1 fully saturated rings. The maximum atomic E-state index is 6.45. The van der Waals surface area contributed by atoms with Crippen molar-refractivity contribution in [2.75, 3.05) is 6.54 Å². The van der Waals surface area contributed by atoms with Gasteiger partial charge in [-0.2, -0.15) is 0 Å². The molecule has 1 unspecified atom stereocenters. The molecule has 0 radical (unpaired) electrons. The molecule has 2 rings (SSSR count). The first kappa shape index (κ1) is 16.3. The van der Waals surface area contributed by atoms with Crippen LogP contribution in [0.25, 0.3) is 0 Å². The second kappa shape index (κ2) is 8.41. The molecule has 0 bridgehead atoms. The van der Waals surface area contributed by atoms with Crippen LogP contribution in [0.2, 0.25) is 5.02 Å². The van der Waals surface area contributed by atoms with Crippen molar-refractivity contribution in [3.05, 3.63) is 33.3 Å². The van der Waals surface area contributed by atoms with Crippen LogP contribution in [-0.2, 0) is 0 Å². The van der Waals surface area contributed by atoms with Crippen LogP contribution in [0.3, 0.4) is 0 Å². The molecule has 1 N–H and O–H groups in total. The van der Waals surface area contributed by atoms with E-state index in [9.17, 15) is 0 Å². The number of halogens is 2. The number of benzene rings is 1. The standard InChI is InChI=1S/C17H25BrClN/c1-2-10-20-17(11-13-6-4-3-5-7-13)15-9-8-14(18)12-16(15)19/h8-9,12-13,17,20H,2-7,10-11H2,1H3. The van der Waals surface area contributed by atoms with Crippen molar-refractivity contribution in [2.24, 2.45) is 5.92 Å². The van der Waals surface area contributed by atoms with E-state index in [-0.39, 0.29) is 0 Å². The van der Waals surface area contributed by atoms with E-state index in [1.165, 1.54) is 44.1 Å². The van der Waals surface area contributed by atoms with Gasteiger partial charge in [-0.15, -0.1) is 0 Å². The topological polar surface area (TPSA) is 12.0 Å². The summed E-state index contributed by atoms with van der Waals surface area (Å²) in [5.41, 5.74) is 1.26. The van der Waals surface area contributed by atoms with Crippen LogP contribution in [-0.4, -0.2) is 6.54 Å². The van der Waals surface area contributed by atoms with E-state index in [0.29, 0.717) is 6.04 Å². The second-order valence-electron chi connectivity index (χ2n) is 5.91. The lowest BCUT2D eigenvalue weighted by Crippen LogP contribution is -2.25. The van der Waals surface area contributed by atoms with Crippen molar-refractivity contribution in [1.29, 1.82) is 0 Å². The van der Waals surface area contributed by atoms with Crippen LogP contribution in [0.15, 0.2) is 22.7 Å². The molecule has 1 aliphatic rings. The molecule has 0 amide bonds. The average Bonchev–Trinajstić information content (AvgIpc) is 2.45. The zero-order chi connectivity index (χ0) is 14.4. The summed E-state index contributed by atoms with van der Waals surface area (Å²) in [6, 6.07) is 6.68. The van der Waals surface area contributed by atoms with Crippen LogP contribution in [0.4, 0.5) is 0 Å². The van der Waals surface area contributed by atoms with E-state index in [2.05, 4.69) is 40.3 Å². The fourth-order valence-corrected chi connectivity index (χ4v) is 3.98. The average molecular weight is 359 g/mol. The quantitative estimate of drug-likeness (QED) is 0.646. The molecule has 1 nitrogen and oxygen atoms in total. The van der Waals surface area contributed by atoms with Gasteiger partial charge in [0.15, 0.2) is 0 Å². The summed E-state index contributed by atoms with van der Waals surface area (Å²) >= 11 is 9.94. The van der Waals surface area contributed by atoms with Crippen molar-refractivity contribution in [1.82, 2.24) is 5.32 Å². The van der Waals surface area contributed by atoms with E-state index in [0.717, 1.165) is 28.4 Å². The highest BCUT2D eigenvalue weighted by molar-refractivity contribution is 9.10. The van der Waals surface area contributed by atoms with Crippen molar-refractivity contribution >= 4 is 27.5 Å². The van der Waals surface area contributed by atoms with Gasteiger partial charge < -0.3 is 5.32 Å². The Labute approximate surface area is 136 Å². The highest BCUT2D eigenvalue weighted by Crippen LogP contribution is 2.35. The molecular weight excluding hydrogens is 334 g/mol. The van der Waals surface area contributed by atoms with E-state index in [4.69, 9.17) is 11.6 Å². The first-order valence-corrected chi connectivity index (χ1v) is 9.06. The minimum absolute atomic E-state index is 0.402. The first-order chi connectivity index (χ1) is 9.70. The first-order valence-electron chi connectivity index (χ1n) is 7.89. The van der Waals surface area contributed by atoms with Crippen LogP contribution in [0.5, 0.6) is 0 Å². The van der Waals surface area contributed by atoms with Gasteiger partial charge in [-0.25, -0.2) is 0 Å². The van der Waals surface area contributed by atoms with Gasteiger partial charge in [-0.1, -0.05) is 72.6 Å². The lowest BCUT2D eigenvalue weighted by Gasteiger charge is -2.28. The van der Waals surface area contributed by atoms with Gasteiger partial charge in [-0.3, -0.25) is 0 Å². The Balaban J connectivity index is 2.08. The van der Waals surface area contributed by atoms with Gasteiger partial charge in [0.1, 0.15) is 0 Å². The summed E-state index contributed by atoms with van der Waals surface area (Å²) in [5.74, 6) is 0.859. The summed E-state index contributed by atoms with van der Waals surface area (Å²) in [4.78, 5) is 0. The van der Waals surface area contributed by atoms with Gasteiger partial charge in [0.25, 0.3) is 0 Å². The zero-order valence-electron chi connectivity index (χ0n) is 12.3. The van der Waals surface area contributed by atoms with Gasteiger partial charge >= 0.3 is 0 Å². The maximum absolute atomic E-state index is 6.45. The molecule has 0 saturated heterocycles. The minimum atomic E-state index is 0.402. The molecule has 0 heterocycles. The van der Waals surface area contributed by atoms with E-state index >= 15 is 0 Å². The molecule has 0 spiro atoms. The van der Waals surface area contributed by atoms with E-state index in [1.54, 1.807) is 0 Å². The highest BCUT2D eigenvalue weighted by atomic mass is 79.9. The zero-order valence-corrected chi connectivity index (χ0v) is 14.6. The third kappa shape index (κ3) is 4.75. The predicted octanol–water partition coefficient (Wildman–Crippen LogP) is 6.11. The third-order valence-electron chi connectivity index (χ3n) is 4.27. The van der Waals surface area contributed by atoms with E-state index < -0.39 is 0 Å². The van der Waals surface area contributed by atoms with E-state index in [1.807, 2.05) is 6.07 Å². The summed E-state index contributed by atoms with van der Waals surface area (Å²) in [5, 5.41) is 4.57. The van der Waals surface area contributed by atoms with Crippen molar-refractivity contribution < 1.29 is 0 Å². The SMILES string of the molecule is CCCNC(CC1CCCCC1)c1ccc(Br)cc1Cl. The summed E-state index contributed by atoms with van der Waals surface area (Å²) in [7, 11) is 0. The Morgan fingerprint density at radius 1 is 1.30 bits per heavy atom. The molecule has 1 aliphatic carbocycles. The fourth-order valence-electron chi connectivity index (χ4n) is 3.18. The molecule has 1 aromatic rings. The molecular formula is C17H25BrClN. The molecule has 0 aromatic heterocycles. The van der Waals surface area contributed by atoms with Gasteiger partial charge in [0.05, 0.1) is 0 Å². The molecule has 1 saturated carbocycles. The summed E-state index contributed by atoms with van der Waals surface area (Å²) in [6.07, 6.45) is 9.38. The monoisotopic (exact) mass is 357 g/mol. The Morgan fingerprint density at radius 3 is 2.70 bits per heavy atom. The lowest BCUT2D eigenvalue weighted by molar-refractivity contribution is 0.300. The van der Waals surface area contributed by atoms with Crippen LogP contribution >= 0.6 is 27.5 Å². The van der Waals surface area contributed by atoms with Crippen molar-refractivity contribution in [3.8, 4) is 0 Å². The lowest BCUT2D eigenvalue weighted by atomic mass is 9.83. The summed E-state index contributed by atoms with van der Waals surface area (Å²) in [6.45, 7) is 3.28. The molecule has 0 aliphatic heterocycles. The Morgan fingerprint density at radius 2 is 2.05 bits per heavy atom. The smallest absolute Gasteiger partial charge is 0.0465 e. The molecule has 1 atom stereocenters. The van der Waals surface area contributed by atoms with Gasteiger partial charge in [0, 0.05) is 15.5 Å². The van der Waals surface area contributed by atoms with Crippen LogP contribution in [0, 0.1) is 5.92 Å². The molecule has 20 heavy (non-hydrogen) atoms. The molecule has 1 aromatic carbocycles. The van der Waals surface area contributed by atoms with Crippen molar-refractivity contribution in [3.63, 3.8) is 0 Å². The summed E-state index contributed by atoms with van der Waals surface area (Å²) < 4.78 is 1.05. The van der Waals surface area contributed by atoms with Crippen LogP contribution in [0.1, 0.15) is 63.5 Å². The fraction of sp³-hybridized carbons (Fsp3) is 0.647. The Bertz CT molecular complexity index is 415. The van der Waals surface area contributed by atoms with Crippen molar-refractivity contribution in [2.45, 2.75) is 57.9 Å².